The fraction of sp³-hybridized carbons (Fsp3) is 0.286. The third-order valence-electron chi connectivity index (χ3n) is 1.32. The standard InChI is InChI=1S/C7H8N2O4/c1-2-13-7(10)6-3-5(4-8-6)9(11)12/h3-4,10H,2H2,1H3/p-1. The van der Waals surface area contributed by atoms with E-state index in [0.29, 0.717) is 0 Å². The lowest BCUT2D eigenvalue weighted by atomic mass is 10.4. The van der Waals surface area contributed by atoms with Crippen molar-refractivity contribution in [1.29, 1.82) is 0 Å². The van der Waals surface area contributed by atoms with Crippen molar-refractivity contribution in [3.63, 3.8) is 0 Å². The molecule has 0 spiro atoms. The molecule has 0 aromatic rings. The van der Waals surface area contributed by atoms with Gasteiger partial charge in [-0.3, -0.25) is 10.1 Å². The van der Waals surface area contributed by atoms with E-state index in [1.165, 1.54) is 0 Å². The highest BCUT2D eigenvalue weighted by Crippen LogP contribution is 2.13. The molecule has 0 saturated heterocycles. The molecule has 0 unspecified atom stereocenters. The van der Waals surface area contributed by atoms with E-state index >= 15 is 0 Å². The number of hydrogen-bond donors (Lipinski definition) is 0. The van der Waals surface area contributed by atoms with Crippen LogP contribution >= 0.6 is 0 Å². The molecule has 1 rings (SSSR count). The van der Waals surface area contributed by atoms with E-state index in [9.17, 15) is 15.2 Å². The van der Waals surface area contributed by atoms with E-state index in [-0.39, 0.29) is 18.0 Å². The summed E-state index contributed by atoms with van der Waals surface area (Å²) in [6, 6.07) is 0. The van der Waals surface area contributed by atoms with Crippen LogP contribution in [0.4, 0.5) is 0 Å². The van der Waals surface area contributed by atoms with Gasteiger partial charge in [0.15, 0.2) is 0 Å². The lowest BCUT2D eigenvalue weighted by molar-refractivity contribution is -0.414. The molecule has 0 N–H and O–H groups in total. The molecule has 0 aromatic heterocycles. The van der Waals surface area contributed by atoms with Gasteiger partial charge in [-0.2, -0.15) is 0 Å². The Labute approximate surface area is 74.0 Å². The van der Waals surface area contributed by atoms with Crippen LogP contribution in [0.25, 0.3) is 0 Å². The van der Waals surface area contributed by atoms with Gasteiger partial charge in [0.2, 0.25) is 0 Å². The van der Waals surface area contributed by atoms with Gasteiger partial charge >= 0.3 is 0 Å². The zero-order valence-electron chi connectivity index (χ0n) is 6.89. The summed E-state index contributed by atoms with van der Waals surface area (Å²) in [6.45, 7) is 1.87. The summed E-state index contributed by atoms with van der Waals surface area (Å²) in [6.07, 6.45) is 2.10. The molecule has 13 heavy (non-hydrogen) atoms. The second-order valence-electron chi connectivity index (χ2n) is 2.19. The summed E-state index contributed by atoms with van der Waals surface area (Å²) >= 11 is 0. The fourth-order valence-electron chi connectivity index (χ4n) is 0.767. The van der Waals surface area contributed by atoms with Gasteiger partial charge in [0.25, 0.3) is 5.70 Å². The van der Waals surface area contributed by atoms with Crippen LogP contribution in [-0.4, -0.2) is 17.7 Å². The van der Waals surface area contributed by atoms with E-state index in [1.54, 1.807) is 6.92 Å². The first-order chi connectivity index (χ1) is 6.15. The van der Waals surface area contributed by atoms with E-state index in [2.05, 4.69) is 9.73 Å². The number of aliphatic imine (C=N–C) groups is 1. The van der Waals surface area contributed by atoms with Gasteiger partial charge < -0.3 is 9.84 Å². The minimum atomic E-state index is -0.643. The first-order valence-corrected chi connectivity index (χ1v) is 3.59. The Morgan fingerprint density at radius 1 is 1.77 bits per heavy atom. The molecule has 0 saturated carbocycles. The molecule has 6 nitrogen and oxygen atoms in total. The number of allylic oxidation sites excluding steroid dienone is 2. The molecule has 0 radical (unpaired) electrons. The van der Waals surface area contributed by atoms with Crippen LogP contribution in [0.3, 0.4) is 0 Å². The van der Waals surface area contributed by atoms with Crippen molar-refractivity contribution < 1.29 is 14.8 Å². The molecule has 1 aliphatic rings. The van der Waals surface area contributed by atoms with Crippen molar-refractivity contribution in [2.24, 2.45) is 4.99 Å². The Balaban J connectivity index is 2.84. The Morgan fingerprint density at radius 2 is 2.46 bits per heavy atom. The summed E-state index contributed by atoms with van der Waals surface area (Å²) in [5.41, 5.74) is -0.239. The van der Waals surface area contributed by atoms with E-state index in [1.807, 2.05) is 0 Å². The maximum absolute atomic E-state index is 11.0. The lowest BCUT2D eigenvalue weighted by Crippen LogP contribution is -2.09. The molecular weight excluding hydrogens is 176 g/mol. The minimum Gasteiger partial charge on any atom is -0.612 e. The number of nitro groups is 1. The Bertz CT molecular complexity index is 316. The summed E-state index contributed by atoms with van der Waals surface area (Å²) in [5, 5.41) is 21.2. The van der Waals surface area contributed by atoms with Crippen LogP contribution in [-0.2, 0) is 4.74 Å². The van der Waals surface area contributed by atoms with Gasteiger partial charge in [0, 0.05) is 6.08 Å². The molecule has 0 fully saturated rings. The number of hydrogen-bond acceptors (Lipinski definition) is 5. The monoisotopic (exact) mass is 183 g/mol. The Morgan fingerprint density at radius 3 is 2.92 bits per heavy atom. The summed E-state index contributed by atoms with van der Waals surface area (Å²) in [7, 11) is 0. The highest BCUT2D eigenvalue weighted by atomic mass is 16.6. The first kappa shape index (κ1) is 9.24. The normalized spacial score (nSPS) is 18.4. The highest BCUT2D eigenvalue weighted by molar-refractivity contribution is 5.81. The average Bonchev–Trinajstić information content (AvgIpc) is 2.52. The maximum atomic E-state index is 11.0. The molecule has 0 atom stereocenters. The number of rotatable bonds is 3. The van der Waals surface area contributed by atoms with Crippen LogP contribution in [0.2, 0.25) is 0 Å². The second-order valence-corrected chi connectivity index (χ2v) is 2.19. The summed E-state index contributed by atoms with van der Waals surface area (Å²) in [4.78, 5) is 13.1. The van der Waals surface area contributed by atoms with Crippen molar-refractivity contribution in [2.45, 2.75) is 6.92 Å². The smallest absolute Gasteiger partial charge is 0.289 e. The Hall–Kier alpha value is -1.85. The van der Waals surface area contributed by atoms with Crippen LogP contribution in [0.15, 0.2) is 28.4 Å². The quantitative estimate of drug-likeness (QED) is 0.344. The van der Waals surface area contributed by atoms with Gasteiger partial charge in [-0.1, -0.05) is 6.92 Å². The average molecular weight is 183 g/mol. The third kappa shape index (κ3) is 2.05. The molecule has 0 aromatic carbocycles. The minimum absolute atomic E-state index is 0.0337. The van der Waals surface area contributed by atoms with Crippen molar-refractivity contribution in [3.05, 3.63) is 33.5 Å². The molecule has 70 valence electrons. The molecule has 1 aliphatic heterocycles. The second kappa shape index (κ2) is 3.70. The van der Waals surface area contributed by atoms with Crippen LogP contribution in [0, 0.1) is 10.1 Å². The zero-order chi connectivity index (χ0) is 9.84. The highest BCUT2D eigenvalue weighted by Gasteiger charge is 2.14. The first-order valence-electron chi connectivity index (χ1n) is 3.59. The third-order valence-corrected chi connectivity index (χ3v) is 1.32. The largest absolute Gasteiger partial charge is 0.612 e. The van der Waals surface area contributed by atoms with Crippen LogP contribution in [0.1, 0.15) is 6.92 Å². The van der Waals surface area contributed by atoms with Crippen LogP contribution < -0.4 is 5.11 Å². The fourth-order valence-corrected chi connectivity index (χ4v) is 0.767. The van der Waals surface area contributed by atoms with Gasteiger partial charge in [-0.15, -0.1) is 0 Å². The van der Waals surface area contributed by atoms with Crippen molar-refractivity contribution in [2.75, 3.05) is 6.61 Å². The molecule has 6 heteroatoms. The molecular formula is C7H7N2O4-. The topological polar surface area (TPSA) is 87.8 Å². The predicted octanol–water partition coefficient (Wildman–Crippen LogP) is -0.203. The van der Waals surface area contributed by atoms with Crippen molar-refractivity contribution in [3.8, 4) is 0 Å². The molecule has 0 bridgehead atoms. The van der Waals surface area contributed by atoms with Gasteiger partial charge in [0.05, 0.1) is 16.6 Å². The predicted molar refractivity (Wildman–Crippen MR) is 42.2 cm³/mol. The lowest BCUT2D eigenvalue weighted by Gasteiger charge is -2.12. The van der Waals surface area contributed by atoms with E-state index in [0.717, 1.165) is 12.3 Å². The van der Waals surface area contributed by atoms with Crippen molar-refractivity contribution >= 4 is 6.21 Å². The molecule has 0 aliphatic carbocycles. The van der Waals surface area contributed by atoms with Crippen LogP contribution in [0.5, 0.6) is 0 Å². The number of ether oxygens (including phenoxy) is 1. The van der Waals surface area contributed by atoms with Gasteiger partial charge in [-0.05, 0) is 6.61 Å². The van der Waals surface area contributed by atoms with Gasteiger partial charge in [0.1, 0.15) is 6.21 Å². The van der Waals surface area contributed by atoms with Crippen molar-refractivity contribution in [1.82, 2.24) is 0 Å². The van der Waals surface area contributed by atoms with E-state index < -0.39 is 10.9 Å². The molecule has 0 amide bonds. The SMILES string of the molecule is CCOC([O-])=C1C=C([N+](=O)[O-])C=N1. The van der Waals surface area contributed by atoms with Gasteiger partial charge in [-0.25, -0.2) is 4.99 Å². The maximum Gasteiger partial charge on any atom is 0.289 e. The summed E-state index contributed by atoms with van der Waals surface area (Å²) < 4.78 is 4.60. The van der Waals surface area contributed by atoms with E-state index in [4.69, 9.17) is 0 Å². The summed E-state index contributed by atoms with van der Waals surface area (Å²) in [5.74, 6) is -0.643. The number of nitrogens with zero attached hydrogens (tertiary/aromatic N) is 2. The molecule has 1 heterocycles. The zero-order valence-corrected chi connectivity index (χ0v) is 6.89. The Kier molecular flexibility index (Phi) is 2.63.